The zero-order valence-corrected chi connectivity index (χ0v) is 15.4. The molecule has 0 atom stereocenters. The van der Waals surface area contributed by atoms with Gasteiger partial charge in [0.15, 0.2) is 0 Å². The molecule has 3 rings (SSSR count). The molecule has 2 aromatic carbocycles. The Morgan fingerprint density at radius 2 is 1.88 bits per heavy atom. The molecule has 1 N–H and O–H groups in total. The summed E-state index contributed by atoms with van der Waals surface area (Å²) < 4.78 is 0. The monoisotopic (exact) mass is 379 g/mol. The molecule has 0 aliphatic heterocycles. The fraction of sp³-hybridized carbons (Fsp3) is 0.0500. The van der Waals surface area contributed by atoms with Gasteiger partial charge >= 0.3 is 0 Å². The predicted octanol–water partition coefficient (Wildman–Crippen LogP) is 5.49. The third-order valence-electron chi connectivity index (χ3n) is 3.54. The highest BCUT2D eigenvalue weighted by molar-refractivity contribution is 7.11. The molecule has 26 heavy (non-hydrogen) atoms. The van der Waals surface area contributed by atoms with E-state index in [-0.39, 0.29) is 5.91 Å². The largest absolute Gasteiger partial charge is 0.326 e. The van der Waals surface area contributed by atoms with Gasteiger partial charge in [0.25, 0.3) is 0 Å². The van der Waals surface area contributed by atoms with Gasteiger partial charge in [0.05, 0.1) is 11.3 Å². The zero-order valence-electron chi connectivity index (χ0n) is 13.9. The molecule has 3 aromatic rings. The van der Waals surface area contributed by atoms with E-state index in [1.807, 2.05) is 41.8 Å². The summed E-state index contributed by atoms with van der Waals surface area (Å²) in [5.41, 5.74) is 3.83. The number of rotatable bonds is 4. The Bertz CT molecular complexity index is 999. The SMILES string of the molecule is CC(=O)Nc1ccc(C=C(C#N)c2nc(-c3ccc(Cl)cc3)cs2)cc1. The lowest BCUT2D eigenvalue weighted by atomic mass is 10.1. The second kappa shape index (κ2) is 7.96. The van der Waals surface area contributed by atoms with Gasteiger partial charge < -0.3 is 5.32 Å². The number of amides is 1. The first kappa shape index (κ1) is 17.9. The Hall–Kier alpha value is -2.94. The van der Waals surface area contributed by atoms with E-state index in [9.17, 15) is 10.1 Å². The minimum Gasteiger partial charge on any atom is -0.326 e. The Morgan fingerprint density at radius 1 is 1.19 bits per heavy atom. The van der Waals surface area contributed by atoms with Crippen molar-refractivity contribution in [3.05, 3.63) is 69.5 Å². The van der Waals surface area contributed by atoms with Crippen molar-refractivity contribution in [2.24, 2.45) is 0 Å². The van der Waals surface area contributed by atoms with Crippen molar-refractivity contribution in [2.45, 2.75) is 6.92 Å². The average Bonchev–Trinajstić information content (AvgIpc) is 3.11. The van der Waals surface area contributed by atoms with E-state index in [1.54, 1.807) is 18.2 Å². The summed E-state index contributed by atoms with van der Waals surface area (Å²) in [6, 6.07) is 16.9. The lowest BCUT2D eigenvalue weighted by Crippen LogP contribution is -2.05. The van der Waals surface area contributed by atoms with Gasteiger partial charge in [-0.1, -0.05) is 35.9 Å². The summed E-state index contributed by atoms with van der Waals surface area (Å²) in [6.07, 6.45) is 1.78. The van der Waals surface area contributed by atoms with E-state index < -0.39 is 0 Å². The van der Waals surface area contributed by atoms with Crippen LogP contribution in [0.15, 0.2) is 53.9 Å². The highest BCUT2D eigenvalue weighted by Crippen LogP contribution is 2.28. The summed E-state index contributed by atoms with van der Waals surface area (Å²) in [7, 11) is 0. The summed E-state index contributed by atoms with van der Waals surface area (Å²) >= 11 is 7.33. The van der Waals surface area contributed by atoms with Crippen LogP contribution >= 0.6 is 22.9 Å². The van der Waals surface area contributed by atoms with Crippen molar-refractivity contribution in [2.75, 3.05) is 5.32 Å². The van der Waals surface area contributed by atoms with Crippen LogP contribution in [-0.2, 0) is 4.79 Å². The highest BCUT2D eigenvalue weighted by Gasteiger charge is 2.09. The number of hydrogen-bond donors (Lipinski definition) is 1. The van der Waals surface area contributed by atoms with Crippen LogP contribution in [0, 0.1) is 11.3 Å². The van der Waals surface area contributed by atoms with Crippen molar-refractivity contribution in [1.29, 1.82) is 5.26 Å². The predicted molar refractivity (Wildman–Crippen MR) is 107 cm³/mol. The number of nitriles is 1. The van der Waals surface area contributed by atoms with Gasteiger partial charge in [-0.15, -0.1) is 11.3 Å². The Labute approximate surface area is 160 Å². The van der Waals surface area contributed by atoms with E-state index in [4.69, 9.17) is 11.6 Å². The highest BCUT2D eigenvalue weighted by atomic mass is 35.5. The van der Waals surface area contributed by atoms with Crippen LogP contribution in [0.3, 0.4) is 0 Å². The molecular weight excluding hydrogens is 366 g/mol. The summed E-state index contributed by atoms with van der Waals surface area (Å²) in [5.74, 6) is -0.122. The minimum absolute atomic E-state index is 0.122. The van der Waals surface area contributed by atoms with Crippen molar-refractivity contribution in [1.82, 2.24) is 4.98 Å². The number of thiazole rings is 1. The molecule has 0 saturated carbocycles. The van der Waals surface area contributed by atoms with Gasteiger partial charge in [-0.2, -0.15) is 5.26 Å². The standard InChI is InChI=1S/C20H14ClN3OS/c1-13(25)23-18-8-2-14(3-9-18)10-16(11-22)20-24-19(12-26-20)15-4-6-17(21)7-5-15/h2-10,12H,1H3,(H,23,25). The van der Waals surface area contributed by atoms with Crippen molar-refractivity contribution in [3.63, 3.8) is 0 Å². The molecule has 0 radical (unpaired) electrons. The maximum atomic E-state index is 11.1. The van der Waals surface area contributed by atoms with Crippen LogP contribution in [0.25, 0.3) is 22.9 Å². The van der Waals surface area contributed by atoms with Gasteiger partial charge in [0.2, 0.25) is 5.91 Å². The molecule has 1 amide bonds. The van der Waals surface area contributed by atoms with E-state index in [0.717, 1.165) is 16.8 Å². The molecule has 1 aromatic heterocycles. The van der Waals surface area contributed by atoms with Crippen LogP contribution in [0.2, 0.25) is 5.02 Å². The number of nitrogens with zero attached hydrogens (tertiary/aromatic N) is 2. The number of hydrogen-bond acceptors (Lipinski definition) is 4. The number of nitrogens with one attached hydrogen (secondary N) is 1. The van der Waals surface area contributed by atoms with Crippen molar-refractivity contribution in [3.8, 4) is 17.3 Å². The molecule has 0 unspecified atom stereocenters. The van der Waals surface area contributed by atoms with Gasteiger partial charge in [-0.3, -0.25) is 4.79 Å². The first-order chi connectivity index (χ1) is 12.5. The number of benzene rings is 2. The van der Waals surface area contributed by atoms with Crippen molar-refractivity contribution >= 4 is 46.2 Å². The molecular formula is C20H14ClN3OS. The second-order valence-electron chi connectivity index (χ2n) is 5.52. The van der Waals surface area contributed by atoms with Crippen LogP contribution in [0.5, 0.6) is 0 Å². The fourth-order valence-electron chi connectivity index (χ4n) is 2.33. The normalized spacial score (nSPS) is 11.0. The Balaban J connectivity index is 1.85. The van der Waals surface area contributed by atoms with Crippen molar-refractivity contribution < 1.29 is 4.79 Å². The topological polar surface area (TPSA) is 65.8 Å². The smallest absolute Gasteiger partial charge is 0.221 e. The second-order valence-corrected chi connectivity index (χ2v) is 6.81. The molecule has 6 heteroatoms. The molecule has 0 spiro atoms. The van der Waals surface area contributed by atoms with Gasteiger partial charge in [0.1, 0.15) is 11.1 Å². The van der Waals surface area contributed by atoms with Crippen LogP contribution in [0.4, 0.5) is 5.69 Å². The molecule has 1 heterocycles. The molecule has 0 aliphatic rings. The van der Waals surface area contributed by atoms with Gasteiger partial charge in [0, 0.05) is 28.6 Å². The van der Waals surface area contributed by atoms with Gasteiger partial charge in [-0.05, 0) is 35.9 Å². The first-order valence-corrected chi connectivity index (χ1v) is 9.02. The number of anilines is 1. The third-order valence-corrected chi connectivity index (χ3v) is 4.66. The summed E-state index contributed by atoms with van der Waals surface area (Å²) in [6.45, 7) is 1.46. The Kier molecular flexibility index (Phi) is 5.47. The first-order valence-electron chi connectivity index (χ1n) is 7.76. The lowest BCUT2D eigenvalue weighted by molar-refractivity contribution is -0.114. The number of carbonyl (C=O) groups is 1. The maximum absolute atomic E-state index is 11.1. The lowest BCUT2D eigenvalue weighted by Gasteiger charge is -2.02. The van der Waals surface area contributed by atoms with Gasteiger partial charge in [-0.25, -0.2) is 4.98 Å². The molecule has 128 valence electrons. The fourth-order valence-corrected chi connectivity index (χ4v) is 3.25. The molecule has 0 aliphatic carbocycles. The third kappa shape index (κ3) is 4.37. The molecule has 0 fully saturated rings. The summed E-state index contributed by atoms with van der Waals surface area (Å²) in [5, 5.41) is 15.5. The average molecular weight is 380 g/mol. The molecule has 4 nitrogen and oxygen atoms in total. The maximum Gasteiger partial charge on any atom is 0.221 e. The van der Waals surface area contributed by atoms with Crippen LogP contribution in [-0.4, -0.2) is 10.9 Å². The quantitative estimate of drug-likeness (QED) is 0.610. The van der Waals surface area contributed by atoms with E-state index in [1.165, 1.54) is 18.3 Å². The number of halogens is 1. The zero-order chi connectivity index (χ0) is 18.5. The number of aromatic nitrogens is 1. The van der Waals surface area contributed by atoms with E-state index >= 15 is 0 Å². The van der Waals surface area contributed by atoms with E-state index in [2.05, 4.69) is 16.4 Å². The summed E-state index contributed by atoms with van der Waals surface area (Å²) in [4.78, 5) is 15.6. The minimum atomic E-state index is -0.122. The molecule has 0 saturated heterocycles. The van der Waals surface area contributed by atoms with E-state index in [0.29, 0.717) is 21.3 Å². The van der Waals surface area contributed by atoms with Crippen LogP contribution < -0.4 is 5.32 Å². The number of carbonyl (C=O) groups excluding carboxylic acids is 1. The molecule has 0 bridgehead atoms. The number of allylic oxidation sites excluding steroid dienone is 1. The Morgan fingerprint density at radius 3 is 2.50 bits per heavy atom. The van der Waals surface area contributed by atoms with Crippen LogP contribution in [0.1, 0.15) is 17.5 Å².